The van der Waals surface area contributed by atoms with Gasteiger partial charge in [0.1, 0.15) is 5.75 Å². The van der Waals surface area contributed by atoms with Crippen molar-refractivity contribution >= 4 is 18.5 Å². The van der Waals surface area contributed by atoms with Gasteiger partial charge in [-0.15, -0.1) is 12.4 Å². The molecule has 110 valence electrons. The molecule has 5 heteroatoms. The Balaban J connectivity index is 0.00000147. The van der Waals surface area contributed by atoms with Gasteiger partial charge in [0.25, 0.3) is 0 Å². The molecule has 1 aromatic rings. The van der Waals surface area contributed by atoms with Crippen LogP contribution in [0.2, 0.25) is 0 Å². The Kier molecular flexibility index (Phi) is 4.55. The summed E-state index contributed by atoms with van der Waals surface area (Å²) in [5.74, 6) is 1.24. The Morgan fingerprint density at radius 1 is 1.35 bits per heavy atom. The molecule has 1 aromatic carbocycles. The number of nitrogens with one attached hydrogen (secondary N) is 1. The maximum atomic E-state index is 11.8. The van der Waals surface area contributed by atoms with Gasteiger partial charge in [0, 0.05) is 31.6 Å². The van der Waals surface area contributed by atoms with Crippen molar-refractivity contribution in [3.63, 3.8) is 0 Å². The summed E-state index contributed by atoms with van der Waals surface area (Å²) in [4.78, 5) is 13.2. The SMILES string of the molecule is CN(C)C(=O)Oc1cccc2c1C1CCNC1CC2.Cl. The normalized spacial score (nSPS) is 23.3. The third-order valence-corrected chi connectivity index (χ3v) is 4.16. The van der Waals surface area contributed by atoms with Crippen molar-refractivity contribution in [2.75, 3.05) is 20.6 Å². The van der Waals surface area contributed by atoms with Gasteiger partial charge >= 0.3 is 6.09 Å². The molecule has 1 aliphatic heterocycles. The molecule has 2 atom stereocenters. The molecule has 1 amide bonds. The summed E-state index contributed by atoms with van der Waals surface area (Å²) in [6.45, 7) is 1.06. The lowest BCUT2D eigenvalue weighted by Crippen LogP contribution is -2.31. The standard InChI is InChI=1S/C15H20N2O2.ClH/c1-17(2)15(18)19-13-5-3-4-10-6-7-12-11(14(10)13)8-9-16-12;/h3-5,11-12,16H,6-9H2,1-2H3;1H. The van der Waals surface area contributed by atoms with Crippen LogP contribution < -0.4 is 10.1 Å². The van der Waals surface area contributed by atoms with Crippen LogP contribution in [0.15, 0.2) is 18.2 Å². The van der Waals surface area contributed by atoms with Gasteiger partial charge in [0.15, 0.2) is 0 Å². The summed E-state index contributed by atoms with van der Waals surface area (Å²) >= 11 is 0. The fourth-order valence-corrected chi connectivity index (χ4v) is 3.23. The van der Waals surface area contributed by atoms with Crippen LogP contribution in [-0.4, -0.2) is 37.7 Å². The first-order valence-corrected chi connectivity index (χ1v) is 6.91. The van der Waals surface area contributed by atoms with E-state index in [1.165, 1.54) is 22.4 Å². The number of halogens is 1. The molecular formula is C15H21ClN2O2. The molecule has 0 spiro atoms. The van der Waals surface area contributed by atoms with Gasteiger partial charge in [-0.05, 0) is 37.4 Å². The number of aryl methyl sites for hydroxylation is 1. The van der Waals surface area contributed by atoms with Crippen LogP contribution in [-0.2, 0) is 6.42 Å². The minimum absolute atomic E-state index is 0. The molecule has 1 aliphatic carbocycles. The molecule has 1 heterocycles. The summed E-state index contributed by atoms with van der Waals surface area (Å²) in [5.41, 5.74) is 2.59. The van der Waals surface area contributed by atoms with Crippen LogP contribution >= 0.6 is 12.4 Å². The number of hydrogen-bond donors (Lipinski definition) is 1. The fraction of sp³-hybridized carbons (Fsp3) is 0.533. The predicted molar refractivity (Wildman–Crippen MR) is 80.9 cm³/mol. The van der Waals surface area contributed by atoms with E-state index < -0.39 is 0 Å². The van der Waals surface area contributed by atoms with Crippen LogP contribution in [0.1, 0.15) is 29.9 Å². The summed E-state index contributed by atoms with van der Waals surface area (Å²) in [6, 6.07) is 6.61. The summed E-state index contributed by atoms with van der Waals surface area (Å²) < 4.78 is 5.54. The molecule has 20 heavy (non-hydrogen) atoms. The average molecular weight is 297 g/mol. The van der Waals surface area contributed by atoms with Crippen molar-refractivity contribution in [1.82, 2.24) is 10.2 Å². The topological polar surface area (TPSA) is 41.6 Å². The minimum Gasteiger partial charge on any atom is -0.410 e. The lowest BCUT2D eigenvalue weighted by atomic mass is 9.79. The predicted octanol–water partition coefficient (Wildman–Crippen LogP) is 2.56. The molecule has 0 saturated carbocycles. The number of hydrogen-bond acceptors (Lipinski definition) is 3. The number of amides is 1. The summed E-state index contributed by atoms with van der Waals surface area (Å²) in [5, 5.41) is 3.55. The second-order valence-corrected chi connectivity index (χ2v) is 5.59. The third kappa shape index (κ3) is 2.63. The maximum absolute atomic E-state index is 11.8. The number of benzene rings is 1. The number of carbonyl (C=O) groups excluding carboxylic acids is 1. The van der Waals surface area contributed by atoms with Gasteiger partial charge < -0.3 is 15.0 Å². The van der Waals surface area contributed by atoms with E-state index >= 15 is 0 Å². The van der Waals surface area contributed by atoms with Crippen molar-refractivity contribution < 1.29 is 9.53 Å². The minimum atomic E-state index is -0.304. The summed E-state index contributed by atoms with van der Waals surface area (Å²) in [6.07, 6.45) is 3.08. The van der Waals surface area contributed by atoms with E-state index in [0.717, 1.165) is 25.1 Å². The van der Waals surface area contributed by atoms with Crippen LogP contribution in [0, 0.1) is 0 Å². The lowest BCUT2D eigenvalue weighted by molar-refractivity contribution is 0.171. The number of ether oxygens (including phenoxy) is 1. The zero-order valence-electron chi connectivity index (χ0n) is 11.9. The molecule has 3 rings (SSSR count). The zero-order chi connectivity index (χ0) is 13.4. The highest BCUT2D eigenvalue weighted by molar-refractivity contribution is 5.85. The molecular weight excluding hydrogens is 276 g/mol. The molecule has 0 bridgehead atoms. The van der Waals surface area contributed by atoms with Gasteiger partial charge in [0.05, 0.1) is 0 Å². The second kappa shape index (κ2) is 6.02. The second-order valence-electron chi connectivity index (χ2n) is 5.59. The first-order valence-electron chi connectivity index (χ1n) is 6.91. The van der Waals surface area contributed by atoms with E-state index in [9.17, 15) is 4.79 Å². The van der Waals surface area contributed by atoms with Crippen molar-refractivity contribution in [2.45, 2.75) is 31.2 Å². The fourth-order valence-electron chi connectivity index (χ4n) is 3.23. The smallest absolute Gasteiger partial charge is 0.410 e. The van der Waals surface area contributed by atoms with Crippen LogP contribution in [0.3, 0.4) is 0 Å². The van der Waals surface area contributed by atoms with Crippen molar-refractivity contribution in [3.05, 3.63) is 29.3 Å². The third-order valence-electron chi connectivity index (χ3n) is 4.16. The Labute approximate surface area is 125 Å². The highest BCUT2D eigenvalue weighted by atomic mass is 35.5. The Morgan fingerprint density at radius 2 is 2.15 bits per heavy atom. The highest BCUT2D eigenvalue weighted by Crippen LogP contribution is 2.42. The van der Waals surface area contributed by atoms with Crippen molar-refractivity contribution in [1.29, 1.82) is 0 Å². The van der Waals surface area contributed by atoms with Crippen LogP contribution in [0.25, 0.3) is 0 Å². The Morgan fingerprint density at radius 3 is 2.90 bits per heavy atom. The zero-order valence-corrected chi connectivity index (χ0v) is 12.7. The van der Waals surface area contributed by atoms with Gasteiger partial charge in [0.2, 0.25) is 0 Å². The van der Waals surface area contributed by atoms with E-state index in [1.54, 1.807) is 14.1 Å². The van der Waals surface area contributed by atoms with E-state index in [0.29, 0.717) is 12.0 Å². The van der Waals surface area contributed by atoms with Gasteiger partial charge in [-0.3, -0.25) is 0 Å². The quantitative estimate of drug-likeness (QED) is 0.866. The van der Waals surface area contributed by atoms with Crippen LogP contribution in [0.5, 0.6) is 5.75 Å². The van der Waals surface area contributed by atoms with E-state index in [1.807, 2.05) is 12.1 Å². The number of nitrogens with zero attached hydrogens (tertiary/aromatic N) is 1. The lowest BCUT2D eigenvalue weighted by Gasteiger charge is -2.29. The monoisotopic (exact) mass is 296 g/mol. The number of carbonyl (C=O) groups is 1. The van der Waals surface area contributed by atoms with Gasteiger partial charge in [-0.25, -0.2) is 4.79 Å². The van der Waals surface area contributed by atoms with Gasteiger partial charge in [-0.2, -0.15) is 0 Å². The van der Waals surface area contributed by atoms with E-state index in [4.69, 9.17) is 4.74 Å². The molecule has 0 radical (unpaired) electrons. The summed E-state index contributed by atoms with van der Waals surface area (Å²) in [7, 11) is 3.41. The molecule has 1 fully saturated rings. The molecule has 2 unspecified atom stereocenters. The largest absolute Gasteiger partial charge is 0.414 e. The molecule has 1 saturated heterocycles. The van der Waals surface area contributed by atoms with Crippen molar-refractivity contribution in [2.24, 2.45) is 0 Å². The number of rotatable bonds is 1. The Bertz CT molecular complexity index is 505. The number of fused-ring (bicyclic) bond motifs is 3. The molecule has 2 aliphatic rings. The first kappa shape index (κ1) is 15.1. The molecule has 4 nitrogen and oxygen atoms in total. The Hall–Kier alpha value is -1.26. The maximum Gasteiger partial charge on any atom is 0.414 e. The average Bonchev–Trinajstić information content (AvgIpc) is 2.86. The van der Waals surface area contributed by atoms with Gasteiger partial charge in [-0.1, -0.05) is 12.1 Å². The van der Waals surface area contributed by atoms with E-state index in [-0.39, 0.29) is 18.5 Å². The van der Waals surface area contributed by atoms with E-state index in [2.05, 4.69) is 11.4 Å². The van der Waals surface area contributed by atoms with Crippen LogP contribution in [0.4, 0.5) is 4.79 Å². The molecule has 0 aromatic heterocycles. The van der Waals surface area contributed by atoms with Crippen molar-refractivity contribution in [3.8, 4) is 5.75 Å². The highest BCUT2D eigenvalue weighted by Gasteiger charge is 2.35. The molecule has 1 N–H and O–H groups in total. The first-order chi connectivity index (χ1) is 9.16.